The highest BCUT2D eigenvalue weighted by Crippen LogP contribution is 2.15. The number of aliphatic hydroxyl groups excluding tert-OH is 1. The lowest BCUT2D eigenvalue weighted by molar-refractivity contribution is 0.0235. The summed E-state index contributed by atoms with van der Waals surface area (Å²) >= 11 is 0. The van der Waals surface area contributed by atoms with Gasteiger partial charge in [-0.05, 0) is 83.1 Å². The highest BCUT2D eigenvalue weighted by atomic mass is 16.6. The van der Waals surface area contributed by atoms with Gasteiger partial charge in [0.1, 0.15) is 11.2 Å². The Hall–Kier alpha value is -3.84. The van der Waals surface area contributed by atoms with Crippen molar-refractivity contribution in [3.05, 3.63) is 107 Å². The number of alkyl carbamates (subject to hydrolysis) is 1. The molecule has 0 saturated carbocycles. The SMILES string of the molecule is CC(C)(C)OC(=O)N(CCc1ccccc1)Cc1ccc(CCO)cc1.CC(C)(C)OC(=O)NCCc1ccccc1. The number of hydrogen-bond donors (Lipinski definition) is 2. The zero-order valence-corrected chi connectivity index (χ0v) is 26.1. The molecular weight excluding hydrogens is 528 g/mol. The van der Waals surface area contributed by atoms with Gasteiger partial charge in [0.2, 0.25) is 0 Å². The summed E-state index contributed by atoms with van der Waals surface area (Å²) in [5.74, 6) is 0. The quantitative estimate of drug-likeness (QED) is 0.273. The van der Waals surface area contributed by atoms with Crippen LogP contribution in [0.3, 0.4) is 0 Å². The molecule has 0 aliphatic rings. The molecule has 2 amide bonds. The first-order valence-corrected chi connectivity index (χ1v) is 14.6. The molecule has 0 fully saturated rings. The molecule has 0 aliphatic carbocycles. The monoisotopic (exact) mass is 576 g/mol. The Bertz CT molecular complexity index is 1180. The Labute approximate surface area is 251 Å². The maximum Gasteiger partial charge on any atom is 0.410 e. The van der Waals surface area contributed by atoms with Gasteiger partial charge in [-0.3, -0.25) is 0 Å². The number of nitrogens with zero attached hydrogens (tertiary/aromatic N) is 1. The Morgan fingerprint density at radius 1 is 0.667 bits per heavy atom. The number of hydrogen-bond acceptors (Lipinski definition) is 5. The number of nitrogens with one attached hydrogen (secondary N) is 1. The van der Waals surface area contributed by atoms with Crippen molar-refractivity contribution in [2.45, 2.75) is 78.6 Å². The van der Waals surface area contributed by atoms with Gasteiger partial charge in [0.05, 0.1) is 0 Å². The Morgan fingerprint density at radius 2 is 1.14 bits per heavy atom. The first kappa shape index (κ1) is 34.4. The number of aliphatic hydroxyl groups is 1. The van der Waals surface area contributed by atoms with Crippen molar-refractivity contribution < 1.29 is 24.2 Å². The molecule has 3 aromatic carbocycles. The lowest BCUT2D eigenvalue weighted by Crippen LogP contribution is -2.37. The third kappa shape index (κ3) is 15.2. The van der Waals surface area contributed by atoms with Gasteiger partial charge in [0, 0.05) is 26.2 Å². The minimum atomic E-state index is -0.521. The van der Waals surface area contributed by atoms with Crippen LogP contribution in [0, 0.1) is 0 Å². The van der Waals surface area contributed by atoms with Crippen molar-refractivity contribution >= 4 is 12.2 Å². The number of rotatable bonds is 10. The predicted molar refractivity (Wildman–Crippen MR) is 168 cm³/mol. The van der Waals surface area contributed by atoms with E-state index >= 15 is 0 Å². The first-order valence-electron chi connectivity index (χ1n) is 14.6. The van der Waals surface area contributed by atoms with Crippen LogP contribution in [-0.2, 0) is 35.3 Å². The molecule has 228 valence electrons. The standard InChI is InChI=1S/C22H29NO3.C13H19NO2/c1-22(2,3)26-21(25)23(15-13-18-7-5-4-6-8-18)17-20-11-9-19(10-12-20)14-16-24;1-13(2,3)16-12(15)14-10-9-11-7-5-4-6-8-11/h4-12,24H,13-17H2,1-3H3;4-8H,9-10H2,1-3H3,(H,14,15). The summed E-state index contributed by atoms with van der Waals surface area (Å²) in [5, 5.41) is 11.8. The van der Waals surface area contributed by atoms with Crippen LogP contribution >= 0.6 is 0 Å². The fourth-order valence-corrected chi connectivity index (χ4v) is 3.90. The Kier molecular flexibility index (Phi) is 14.1. The maximum atomic E-state index is 12.6. The molecule has 0 bridgehead atoms. The van der Waals surface area contributed by atoms with Gasteiger partial charge in [0.25, 0.3) is 0 Å². The van der Waals surface area contributed by atoms with E-state index in [1.807, 2.05) is 114 Å². The molecule has 0 saturated heterocycles. The smallest absolute Gasteiger partial charge is 0.410 e. The topological polar surface area (TPSA) is 88.1 Å². The highest BCUT2D eigenvalue weighted by molar-refractivity contribution is 5.68. The molecule has 0 atom stereocenters. The zero-order valence-electron chi connectivity index (χ0n) is 26.1. The lowest BCUT2D eigenvalue weighted by Gasteiger charge is -2.27. The summed E-state index contributed by atoms with van der Waals surface area (Å²) in [4.78, 5) is 25.7. The van der Waals surface area contributed by atoms with Gasteiger partial charge in [-0.15, -0.1) is 0 Å². The summed E-state index contributed by atoms with van der Waals surface area (Å²) in [6, 6.07) is 28.2. The Morgan fingerprint density at radius 3 is 1.64 bits per heavy atom. The molecule has 0 aliphatic heterocycles. The molecule has 3 aromatic rings. The summed E-state index contributed by atoms with van der Waals surface area (Å²) in [7, 11) is 0. The summed E-state index contributed by atoms with van der Waals surface area (Å²) in [6.45, 7) is 13.0. The predicted octanol–water partition coefficient (Wildman–Crippen LogP) is 6.96. The van der Waals surface area contributed by atoms with Crippen LogP contribution in [-0.4, -0.2) is 53.1 Å². The fraction of sp³-hybridized carbons (Fsp3) is 0.429. The van der Waals surface area contributed by atoms with Gasteiger partial charge in [-0.1, -0.05) is 84.9 Å². The van der Waals surface area contributed by atoms with E-state index in [9.17, 15) is 9.59 Å². The van der Waals surface area contributed by atoms with Gasteiger partial charge in [-0.2, -0.15) is 0 Å². The second-order valence-corrected chi connectivity index (χ2v) is 12.1. The van der Waals surface area contributed by atoms with Crippen molar-refractivity contribution in [1.82, 2.24) is 10.2 Å². The molecule has 0 radical (unpaired) electrons. The number of benzene rings is 3. The second kappa shape index (κ2) is 17.2. The van der Waals surface area contributed by atoms with Crippen molar-refractivity contribution in [2.75, 3.05) is 19.7 Å². The van der Waals surface area contributed by atoms with Gasteiger partial charge < -0.3 is 24.8 Å². The van der Waals surface area contributed by atoms with E-state index in [1.165, 1.54) is 11.1 Å². The number of amides is 2. The van der Waals surface area contributed by atoms with E-state index < -0.39 is 11.2 Å². The molecule has 42 heavy (non-hydrogen) atoms. The number of ether oxygens (including phenoxy) is 2. The van der Waals surface area contributed by atoms with Crippen LogP contribution < -0.4 is 5.32 Å². The normalized spacial score (nSPS) is 11.1. The van der Waals surface area contributed by atoms with Crippen LogP contribution in [0.5, 0.6) is 0 Å². The Balaban J connectivity index is 0.000000330. The molecule has 2 N–H and O–H groups in total. The minimum absolute atomic E-state index is 0.139. The molecule has 7 heteroatoms. The van der Waals surface area contributed by atoms with Crippen LogP contribution in [0.15, 0.2) is 84.9 Å². The summed E-state index contributed by atoms with van der Waals surface area (Å²) < 4.78 is 10.7. The van der Waals surface area contributed by atoms with Gasteiger partial charge in [0.15, 0.2) is 0 Å². The van der Waals surface area contributed by atoms with E-state index in [0.717, 1.165) is 24.0 Å². The van der Waals surface area contributed by atoms with Crippen LogP contribution in [0.2, 0.25) is 0 Å². The van der Waals surface area contributed by atoms with Crippen molar-refractivity contribution in [1.29, 1.82) is 0 Å². The highest BCUT2D eigenvalue weighted by Gasteiger charge is 2.22. The summed E-state index contributed by atoms with van der Waals surface area (Å²) in [6.07, 6.45) is 1.59. The molecule has 0 spiro atoms. The molecule has 7 nitrogen and oxygen atoms in total. The van der Waals surface area contributed by atoms with Crippen LogP contribution in [0.4, 0.5) is 9.59 Å². The average Bonchev–Trinajstić information content (AvgIpc) is 2.92. The number of carbonyl (C=O) groups is 2. The van der Waals surface area contributed by atoms with Crippen LogP contribution in [0.25, 0.3) is 0 Å². The van der Waals surface area contributed by atoms with E-state index in [0.29, 0.717) is 26.1 Å². The fourth-order valence-electron chi connectivity index (χ4n) is 3.90. The van der Waals surface area contributed by atoms with E-state index in [-0.39, 0.29) is 18.8 Å². The van der Waals surface area contributed by atoms with E-state index in [2.05, 4.69) is 17.4 Å². The molecule has 0 heterocycles. The zero-order chi connectivity index (χ0) is 31.0. The van der Waals surface area contributed by atoms with Gasteiger partial charge in [-0.25, -0.2) is 9.59 Å². The van der Waals surface area contributed by atoms with Crippen molar-refractivity contribution in [2.24, 2.45) is 0 Å². The van der Waals surface area contributed by atoms with E-state index in [4.69, 9.17) is 14.6 Å². The third-order valence-corrected chi connectivity index (χ3v) is 5.89. The minimum Gasteiger partial charge on any atom is -0.444 e. The second-order valence-electron chi connectivity index (χ2n) is 12.1. The first-order chi connectivity index (χ1) is 19.8. The maximum absolute atomic E-state index is 12.6. The largest absolute Gasteiger partial charge is 0.444 e. The molecule has 3 rings (SSSR count). The average molecular weight is 577 g/mol. The third-order valence-electron chi connectivity index (χ3n) is 5.89. The summed E-state index contributed by atoms with van der Waals surface area (Å²) in [5.41, 5.74) is 3.58. The number of carbonyl (C=O) groups excluding carboxylic acids is 2. The van der Waals surface area contributed by atoms with Crippen LogP contribution in [0.1, 0.15) is 63.8 Å². The lowest BCUT2D eigenvalue weighted by atomic mass is 10.1. The molecule has 0 aromatic heterocycles. The molecular formula is C35H48N2O5. The van der Waals surface area contributed by atoms with Gasteiger partial charge >= 0.3 is 12.2 Å². The van der Waals surface area contributed by atoms with E-state index in [1.54, 1.807) is 4.90 Å². The van der Waals surface area contributed by atoms with Crippen molar-refractivity contribution in [3.63, 3.8) is 0 Å². The van der Waals surface area contributed by atoms with Crippen molar-refractivity contribution in [3.8, 4) is 0 Å². The molecule has 0 unspecified atom stereocenters.